The van der Waals surface area contributed by atoms with Gasteiger partial charge < -0.3 is 28.8 Å². The lowest BCUT2D eigenvalue weighted by molar-refractivity contribution is 0.207. The Balaban J connectivity index is 2.08. The van der Waals surface area contributed by atoms with Gasteiger partial charge in [-0.1, -0.05) is 0 Å². The van der Waals surface area contributed by atoms with E-state index in [9.17, 15) is 5.11 Å². The van der Waals surface area contributed by atoms with E-state index in [-0.39, 0.29) is 6.61 Å². The van der Waals surface area contributed by atoms with E-state index in [1.165, 1.54) is 0 Å². The van der Waals surface area contributed by atoms with Crippen LogP contribution < -0.4 is 23.7 Å². The summed E-state index contributed by atoms with van der Waals surface area (Å²) in [5, 5.41) is 9.84. The molecule has 0 aromatic heterocycles. The first-order valence-electron chi connectivity index (χ1n) is 8.11. The molecule has 2 aromatic rings. The zero-order chi connectivity index (χ0) is 18.7. The van der Waals surface area contributed by atoms with Crippen LogP contribution >= 0.6 is 0 Å². The third-order valence-electron chi connectivity index (χ3n) is 4.32. The molecule has 0 amide bonds. The van der Waals surface area contributed by atoms with Crippen molar-refractivity contribution < 1.29 is 28.8 Å². The van der Waals surface area contributed by atoms with Gasteiger partial charge in [-0.2, -0.15) is 0 Å². The summed E-state index contributed by atoms with van der Waals surface area (Å²) in [5.41, 5.74) is 2.41. The van der Waals surface area contributed by atoms with Crippen molar-refractivity contribution in [1.29, 1.82) is 0 Å². The van der Waals surface area contributed by atoms with Crippen LogP contribution in [0.3, 0.4) is 0 Å². The molecule has 138 valence electrons. The molecule has 1 atom stereocenters. The van der Waals surface area contributed by atoms with E-state index < -0.39 is 6.10 Å². The van der Waals surface area contributed by atoms with Gasteiger partial charge in [0.05, 0.1) is 35.0 Å². The van der Waals surface area contributed by atoms with Crippen molar-refractivity contribution in [2.45, 2.75) is 6.10 Å². The van der Waals surface area contributed by atoms with Crippen molar-refractivity contribution in [3.63, 3.8) is 0 Å². The van der Waals surface area contributed by atoms with Gasteiger partial charge in [-0.25, -0.2) is 0 Å². The Morgan fingerprint density at radius 2 is 1.62 bits per heavy atom. The highest BCUT2D eigenvalue weighted by Crippen LogP contribution is 2.44. The van der Waals surface area contributed by atoms with E-state index in [0.717, 1.165) is 16.7 Å². The van der Waals surface area contributed by atoms with E-state index in [2.05, 4.69) is 0 Å². The normalized spacial score (nSPS) is 15.4. The molecule has 0 fully saturated rings. The van der Waals surface area contributed by atoms with Gasteiger partial charge in [0.25, 0.3) is 0 Å². The van der Waals surface area contributed by atoms with E-state index in [0.29, 0.717) is 28.7 Å². The zero-order valence-corrected chi connectivity index (χ0v) is 15.2. The number of aliphatic hydroxyl groups excluding tert-OH is 1. The predicted molar refractivity (Wildman–Crippen MR) is 97.5 cm³/mol. The third kappa shape index (κ3) is 3.15. The van der Waals surface area contributed by atoms with Crippen LogP contribution in [0.4, 0.5) is 0 Å². The Kier molecular flexibility index (Phi) is 5.23. The quantitative estimate of drug-likeness (QED) is 0.855. The highest BCUT2D eigenvalue weighted by Gasteiger charge is 2.27. The Morgan fingerprint density at radius 1 is 0.923 bits per heavy atom. The summed E-state index contributed by atoms with van der Waals surface area (Å²) < 4.78 is 27.7. The lowest BCUT2D eigenvalue weighted by Gasteiger charge is -2.28. The van der Waals surface area contributed by atoms with Crippen molar-refractivity contribution in [3.05, 3.63) is 47.0 Å². The second kappa shape index (κ2) is 7.58. The molecule has 1 unspecified atom stereocenters. The fourth-order valence-electron chi connectivity index (χ4n) is 3.00. The van der Waals surface area contributed by atoms with Crippen molar-refractivity contribution in [3.8, 4) is 28.7 Å². The highest BCUT2D eigenvalue weighted by molar-refractivity contribution is 5.66. The van der Waals surface area contributed by atoms with E-state index in [4.69, 9.17) is 23.7 Å². The Hall–Kier alpha value is -2.86. The topological polar surface area (TPSA) is 66.4 Å². The molecule has 1 aliphatic rings. The zero-order valence-electron chi connectivity index (χ0n) is 15.2. The van der Waals surface area contributed by atoms with Crippen LogP contribution in [0.2, 0.25) is 0 Å². The standard InChI is InChI=1S/C20H22O6/c1-22-15-6-5-12-7-14(11-21)19(26-16(12)10-15)13-8-17(23-2)20(25-4)18(9-13)24-3/h5-10,19,21H,11H2,1-4H3. The van der Waals surface area contributed by atoms with Crippen LogP contribution in [0, 0.1) is 0 Å². The molecule has 0 saturated heterocycles. The van der Waals surface area contributed by atoms with Gasteiger partial charge in [-0.15, -0.1) is 0 Å². The average Bonchev–Trinajstić information content (AvgIpc) is 2.70. The fourth-order valence-corrected chi connectivity index (χ4v) is 3.00. The number of fused-ring (bicyclic) bond motifs is 1. The van der Waals surface area contributed by atoms with Gasteiger partial charge >= 0.3 is 0 Å². The first-order valence-corrected chi connectivity index (χ1v) is 8.11. The highest BCUT2D eigenvalue weighted by atomic mass is 16.5. The summed E-state index contributed by atoms with van der Waals surface area (Å²) in [6.45, 7) is -0.132. The molecule has 26 heavy (non-hydrogen) atoms. The molecule has 0 saturated carbocycles. The number of methoxy groups -OCH3 is 4. The van der Waals surface area contributed by atoms with E-state index >= 15 is 0 Å². The molecule has 2 aromatic carbocycles. The van der Waals surface area contributed by atoms with Crippen LogP contribution in [0.1, 0.15) is 17.2 Å². The lowest BCUT2D eigenvalue weighted by atomic mass is 9.96. The first kappa shape index (κ1) is 17.9. The van der Waals surface area contributed by atoms with Crippen molar-refractivity contribution in [1.82, 2.24) is 0 Å². The number of hydrogen-bond acceptors (Lipinski definition) is 6. The smallest absolute Gasteiger partial charge is 0.203 e. The third-order valence-corrected chi connectivity index (χ3v) is 4.32. The predicted octanol–water partition coefficient (Wildman–Crippen LogP) is 3.23. The minimum Gasteiger partial charge on any atom is -0.497 e. The van der Waals surface area contributed by atoms with E-state index in [1.54, 1.807) is 28.4 Å². The van der Waals surface area contributed by atoms with Gasteiger partial charge in [0, 0.05) is 22.8 Å². The monoisotopic (exact) mass is 358 g/mol. The van der Waals surface area contributed by atoms with Crippen molar-refractivity contribution >= 4 is 6.08 Å². The van der Waals surface area contributed by atoms with Crippen LogP contribution in [-0.2, 0) is 0 Å². The molecular formula is C20H22O6. The average molecular weight is 358 g/mol. The number of rotatable bonds is 6. The van der Waals surface area contributed by atoms with Gasteiger partial charge in [0.1, 0.15) is 17.6 Å². The van der Waals surface area contributed by atoms with Gasteiger partial charge in [-0.3, -0.25) is 0 Å². The maximum Gasteiger partial charge on any atom is 0.203 e. The van der Waals surface area contributed by atoms with Crippen molar-refractivity contribution in [2.24, 2.45) is 0 Å². The molecule has 3 rings (SSSR count). The number of aliphatic hydroxyl groups is 1. The summed E-state index contributed by atoms with van der Waals surface area (Å²) >= 11 is 0. The minimum atomic E-state index is -0.478. The molecule has 1 aliphatic heterocycles. The van der Waals surface area contributed by atoms with Gasteiger partial charge in [0.2, 0.25) is 5.75 Å². The number of ether oxygens (including phenoxy) is 5. The molecule has 1 heterocycles. The molecule has 6 nitrogen and oxygen atoms in total. The number of benzene rings is 2. The van der Waals surface area contributed by atoms with Crippen LogP contribution in [0.5, 0.6) is 28.7 Å². The Labute approximate surface area is 152 Å². The fraction of sp³-hybridized carbons (Fsp3) is 0.300. The SMILES string of the molecule is COc1ccc2c(c1)OC(c1cc(OC)c(OC)c(OC)c1)C(CO)=C2. The molecule has 6 heteroatoms. The second-order valence-corrected chi connectivity index (χ2v) is 5.74. The largest absolute Gasteiger partial charge is 0.497 e. The van der Waals surface area contributed by atoms with Crippen LogP contribution in [-0.4, -0.2) is 40.2 Å². The molecule has 0 radical (unpaired) electrons. The van der Waals surface area contributed by atoms with E-state index in [1.807, 2.05) is 36.4 Å². The molecule has 0 aliphatic carbocycles. The van der Waals surface area contributed by atoms with Gasteiger partial charge in [0.15, 0.2) is 11.5 Å². The maximum atomic E-state index is 9.84. The van der Waals surface area contributed by atoms with Crippen LogP contribution in [0.25, 0.3) is 6.08 Å². The molecule has 0 bridgehead atoms. The summed E-state index contributed by atoms with van der Waals surface area (Å²) in [7, 11) is 6.28. The summed E-state index contributed by atoms with van der Waals surface area (Å²) in [6.07, 6.45) is 1.44. The van der Waals surface area contributed by atoms with Crippen LogP contribution in [0.15, 0.2) is 35.9 Å². The summed E-state index contributed by atoms with van der Waals surface area (Å²) in [5.74, 6) is 2.94. The summed E-state index contributed by atoms with van der Waals surface area (Å²) in [4.78, 5) is 0. The Bertz CT molecular complexity index is 802. The molecular weight excluding hydrogens is 336 g/mol. The molecule has 1 N–H and O–H groups in total. The van der Waals surface area contributed by atoms with Gasteiger partial charge in [-0.05, 0) is 30.3 Å². The Morgan fingerprint density at radius 3 is 2.15 bits per heavy atom. The maximum absolute atomic E-state index is 9.84. The minimum absolute atomic E-state index is 0.132. The second-order valence-electron chi connectivity index (χ2n) is 5.74. The number of hydrogen-bond donors (Lipinski definition) is 1. The first-order chi connectivity index (χ1) is 12.6. The van der Waals surface area contributed by atoms with Crippen molar-refractivity contribution in [2.75, 3.05) is 35.0 Å². The molecule has 0 spiro atoms. The summed E-state index contributed by atoms with van der Waals surface area (Å²) in [6, 6.07) is 9.22. The lowest BCUT2D eigenvalue weighted by Crippen LogP contribution is -2.17.